The van der Waals surface area contributed by atoms with E-state index in [4.69, 9.17) is 4.74 Å². The zero-order valence-corrected chi connectivity index (χ0v) is 16.1. The van der Waals surface area contributed by atoms with Crippen molar-refractivity contribution in [3.8, 4) is 11.8 Å². The van der Waals surface area contributed by atoms with Crippen LogP contribution in [-0.2, 0) is 4.79 Å². The van der Waals surface area contributed by atoms with Gasteiger partial charge < -0.3 is 15.4 Å². The van der Waals surface area contributed by atoms with Crippen LogP contribution in [0.25, 0.3) is 0 Å². The van der Waals surface area contributed by atoms with Gasteiger partial charge in [-0.3, -0.25) is 4.79 Å². The van der Waals surface area contributed by atoms with Crippen LogP contribution in [0.1, 0.15) is 12.5 Å². The highest BCUT2D eigenvalue weighted by Gasteiger charge is 2.07. The number of hydrogen-bond donors (Lipinski definition) is 2. The summed E-state index contributed by atoms with van der Waals surface area (Å²) in [6, 6.07) is 16.6. The van der Waals surface area contributed by atoms with Crippen LogP contribution in [0.15, 0.2) is 64.6 Å². The number of rotatable bonds is 6. The molecule has 2 N–H and O–H groups in total. The van der Waals surface area contributed by atoms with Gasteiger partial charge in [0.1, 0.15) is 16.8 Å². The summed E-state index contributed by atoms with van der Waals surface area (Å²) >= 11 is 1.50. The fourth-order valence-corrected chi connectivity index (χ4v) is 3.14. The van der Waals surface area contributed by atoms with Gasteiger partial charge in [0, 0.05) is 23.7 Å². The molecule has 0 aliphatic rings. The van der Waals surface area contributed by atoms with Gasteiger partial charge in [0.15, 0.2) is 0 Å². The van der Waals surface area contributed by atoms with E-state index in [1.807, 2.05) is 30.3 Å². The molecule has 0 atom stereocenters. The summed E-state index contributed by atoms with van der Waals surface area (Å²) < 4.78 is 5.16. The van der Waals surface area contributed by atoms with Crippen LogP contribution in [0.5, 0.6) is 5.75 Å². The monoisotopic (exact) mass is 391 g/mol. The highest BCUT2D eigenvalue weighted by atomic mass is 32.2. The molecule has 0 aliphatic carbocycles. The molecule has 0 saturated carbocycles. The quantitative estimate of drug-likeness (QED) is 0.607. The molecule has 28 heavy (non-hydrogen) atoms. The van der Waals surface area contributed by atoms with Gasteiger partial charge in [-0.05, 0) is 48.5 Å². The zero-order valence-electron chi connectivity index (χ0n) is 15.3. The Balaban J connectivity index is 1.75. The molecule has 0 saturated heterocycles. The third-order valence-corrected chi connectivity index (χ3v) is 4.56. The fourth-order valence-electron chi connectivity index (χ4n) is 2.37. The largest absolute Gasteiger partial charge is 0.497 e. The van der Waals surface area contributed by atoms with E-state index < -0.39 is 0 Å². The number of ether oxygens (including phenoxy) is 1. The summed E-state index contributed by atoms with van der Waals surface area (Å²) in [4.78, 5) is 21.0. The Kier molecular flexibility index (Phi) is 6.09. The number of hydrogen-bond acceptors (Lipinski definition) is 7. The Morgan fingerprint density at radius 3 is 2.64 bits per heavy atom. The number of amides is 1. The molecular weight excluding hydrogens is 374 g/mol. The van der Waals surface area contributed by atoms with Crippen molar-refractivity contribution in [1.82, 2.24) is 9.97 Å². The van der Waals surface area contributed by atoms with Crippen LogP contribution >= 0.6 is 11.8 Å². The Morgan fingerprint density at radius 2 is 1.96 bits per heavy atom. The van der Waals surface area contributed by atoms with Crippen molar-refractivity contribution >= 4 is 35.0 Å². The van der Waals surface area contributed by atoms with Crippen LogP contribution in [0.3, 0.4) is 0 Å². The van der Waals surface area contributed by atoms with Crippen molar-refractivity contribution in [2.75, 3.05) is 17.7 Å². The second-order valence-electron chi connectivity index (χ2n) is 5.67. The lowest BCUT2D eigenvalue weighted by Gasteiger charge is -2.09. The summed E-state index contributed by atoms with van der Waals surface area (Å²) in [5, 5.41) is 15.8. The first-order valence-corrected chi connectivity index (χ1v) is 9.13. The number of aromatic nitrogens is 2. The third-order valence-electron chi connectivity index (χ3n) is 3.62. The average molecular weight is 391 g/mol. The molecule has 3 aromatic rings. The fraction of sp³-hybridized carbons (Fsp3) is 0.100. The molecule has 1 aromatic heterocycles. The molecule has 7 nitrogen and oxygen atoms in total. The van der Waals surface area contributed by atoms with Crippen molar-refractivity contribution in [1.29, 1.82) is 5.26 Å². The zero-order chi connectivity index (χ0) is 19.9. The predicted molar refractivity (Wildman–Crippen MR) is 108 cm³/mol. The van der Waals surface area contributed by atoms with Crippen molar-refractivity contribution < 1.29 is 9.53 Å². The Bertz CT molecular complexity index is 1030. The van der Waals surface area contributed by atoms with Gasteiger partial charge in [-0.25, -0.2) is 9.97 Å². The molecule has 140 valence electrons. The lowest BCUT2D eigenvalue weighted by Crippen LogP contribution is -2.07. The van der Waals surface area contributed by atoms with E-state index in [9.17, 15) is 10.1 Å². The van der Waals surface area contributed by atoms with Crippen molar-refractivity contribution in [3.05, 3.63) is 60.3 Å². The Morgan fingerprint density at radius 1 is 1.18 bits per heavy atom. The van der Waals surface area contributed by atoms with Crippen molar-refractivity contribution in [2.45, 2.75) is 16.8 Å². The first-order chi connectivity index (χ1) is 13.6. The average Bonchev–Trinajstić information content (AvgIpc) is 2.69. The highest BCUT2D eigenvalue weighted by molar-refractivity contribution is 7.99. The SMILES string of the molecule is COc1ccc(Sc2ccnc(Nc3ccc(NC(C)=O)c(C#N)c3)n2)cc1. The number of methoxy groups -OCH3 is 1. The molecule has 2 aromatic carbocycles. The molecule has 0 spiro atoms. The number of nitrogens with zero attached hydrogens (tertiary/aromatic N) is 3. The van der Waals surface area contributed by atoms with E-state index in [2.05, 4.69) is 26.7 Å². The molecule has 3 rings (SSSR count). The van der Waals surface area contributed by atoms with Gasteiger partial charge in [0.25, 0.3) is 0 Å². The number of anilines is 3. The Labute approximate surface area is 166 Å². The second kappa shape index (κ2) is 8.88. The van der Waals surface area contributed by atoms with Crippen LogP contribution in [0.4, 0.5) is 17.3 Å². The maximum atomic E-state index is 11.2. The van der Waals surface area contributed by atoms with E-state index in [-0.39, 0.29) is 5.91 Å². The number of nitriles is 1. The van der Waals surface area contributed by atoms with E-state index in [0.717, 1.165) is 15.7 Å². The highest BCUT2D eigenvalue weighted by Crippen LogP contribution is 2.28. The normalized spacial score (nSPS) is 10.0. The second-order valence-corrected chi connectivity index (χ2v) is 6.77. The van der Waals surface area contributed by atoms with E-state index in [1.54, 1.807) is 31.5 Å². The maximum Gasteiger partial charge on any atom is 0.228 e. The van der Waals surface area contributed by atoms with Crippen molar-refractivity contribution in [3.63, 3.8) is 0 Å². The molecule has 0 unspecified atom stereocenters. The molecule has 1 heterocycles. The van der Waals surface area contributed by atoms with Gasteiger partial charge in [-0.1, -0.05) is 11.8 Å². The van der Waals surface area contributed by atoms with Gasteiger partial charge in [0.2, 0.25) is 11.9 Å². The van der Waals surface area contributed by atoms with Crippen LogP contribution in [0.2, 0.25) is 0 Å². The summed E-state index contributed by atoms with van der Waals surface area (Å²) in [7, 11) is 1.63. The van der Waals surface area contributed by atoms with Crippen LogP contribution in [0, 0.1) is 11.3 Å². The van der Waals surface area contributed by atoms with E-state index in [0.29, 0.717) is 22.9 Å². The van der Waals surface area contributed by atoms with Crippen molar-refractivity contribution in [2.24, 2.45) is 0 Å². The minimum atomic E-state index is -0.233. The Hall–Kier alpha value is -3.57. The molecule has 1 amide bonds. The minimum Gasteiger partial charge on any atom is -0.497 e. The third kappa shape index (κ3) is 4.99. The number of carbonyl (C=O) groups excluding carboxylic acids is 1. The van der Waals surface area contributed by atoms with Crippen LogP contribution < -0.4 is 15.4 Å². The molecule has 0 bridgehead atoms. The lowest BCUT2D eigenvalue weighted by molar-refractivity contribution is -0.114. The van der Waals surface area contributed by atoms with E-state index in [1.165, 1.54) is 18.7 Å². The van der Waals surface area contributed by atoms with Gasteiger partial charge in [-0.15, -0.1) is 0 Å². The summed E-state index contributed by atoms with van der Waals surface area (Å²) in [6.45, 7) is 1.40. The maximum absolute atomic E-state index is 11.2. The molecular formula is C20H17N5O2S. The first-order valence-electron chi connectivity index (χ1n) is 8.31. The topological polar surface area (TPSA) is 99.9 Å². The smallest absolute Gasteiger partial charge is 0.228 e. The number of benzene rings is 2. The number of carbonyl (C=O) groups is 1. The molecule has 0 aliphatic heterocycles. The molecule has 0 fully saturated rings. The number of nitrogens with one attached hydrogen (secondary N) is 2. The minimum absolute atomic E-state index is 0.233. The first kappa shape index (κ1) is 19.2. The molecule has 8 heteroatoms. The van der Waals surface area contributed by atoms with E-state index >= 15 is 0 Å². The van der Waals surface area contributed by atoms with Gasteiger partial charge >= 0.3 is 0 Å². The van der Waals surface area contributed by atoms with Gasteiger partial charge in [0.05, 0.1) is 18.4 Å². The van der Waals surface area contributed by atoms with Gasteiger partial charge in [-0.2, -0.15) is 5.26 Å². The summed E-state index contributed by atoms with van der Waals surface area (Å²) in [6.07, 6.45) is 1.66. The van der Waals surface area contributed by atoms with Crippen LogP contribution in [-0.4, -0.2) is 23.0 Å². The standard InChI is InChI=1S/C20H17N5O2S/c1-13(26)23-18-8-3-15(11-14(18)12-21)24-20-22-10-9-19(25-20)28-17-6-4-16(27-2)5-7-17/h3-11H,1-2H3,(H,23,26)(H,22,24,25). The molecule has 0 radical (unpaired) electrons. The summed E-state index contributed by atoms with van der Waals surface area (Å²) in [5.74, 6) is 0.976. The predicted octanol–water partition coefficient (Wildman–Crippen LogP) is 4.21. The lowest BCUT2D eigenvalue weighted by atomic mass is 10.1. The summed E-state index contributed by atoms with van der Waals surface area (Å²) in [5.41, 5.74) is 1.46.